The Kier molecular flexibility index (Phi) is 10.5. The molecule has 1 N–H and O–H groups in total. The molecule has 0 aromatic heterocycles. The van der Waals surface area contributed by atoms with Gasteiger partial charge in [-0.3, -0.25) is 13.9 Å². The molecule has 0 saturated carbocycles. The van der Waals surface area contributed by atoms with E-state index in [0.29, 0.717) is 15.6 Å². The van der Waals surface area contributed by atoms with Crippen molar-refractivity contribution >= 4 is 50.7 Å². The smallest absolute Gasteiger partial charge is 0.264 e. The Morgan fingerprint density at radius 3 is 2.20 bits per heavy atom. The second-order valence-electron chi connectivity index (χ2n) is 9.30. The van der Waals surface area contributed by atoms with E-state index in [1.165, 1.54) is 31.2 Å². The topological polar surface area (TPSA) is 96.0 Å². The van der Waals surface area contributed by atoms with E-state index >= 15 is 0 Å². The van der Waals surface area contributed by atoms with Gasteiger partial charge in [-0.05, 0) is 67.8 Å². The molecule has 1 atom stereocenters. The fourth-order valence-electron chi connectivity index (χ4n) is 4.27. The Hall–Kier alpha value is -3.27. The summed E-state index contributed by atoms with van der Waals surface area (Å²) < 4.78 is 34.6. The zero-order valence-corrected chi connectivity index (χ0v) is 25.4. The minimum atomic E-state index is -4.23. The van der Waals surface area contributed by atoms with Crippen molar-refractivity contribution < 1.29 is 22.7 Å². The number of anilines is 1. The lowest BCUT2D eigenvalue weighted by molar-refractivity contribution is -0.140. The van der Waals surface area contributed by atoms with Crippen LogP contribution in [0.5, 0.6) is 5.75 Å². The molecule has 0 spiro atoms. The number of aryl methyl sites for hydroxylation is 2. The van der Waals surface area contributed by atoms with Crippen LogP contribution in [0.2, 0.25) is 10.0 Å². The first-order valence-electron chi connectivity index (χ1n) is 12.6. The van der Waals surface area contributed by atoms with E-state index in [1.807, 2.05) is 13.8 Å². The van der Waals surface area contributed by atoms with Crippen molar-refractivity contribution in [1.29, 1.82) is 0 Å². The highest BCUT2D eigenvalue weighted by Crippen LogP contribution is 2.34. The molecule has 0 aliphatic heterocycles. The van der Waals surface area contributed by atoms with E-state index in [-0.39, 0.29) is 35.2 Å². The number of carbonyl (C=O) groups excluding carboxylic acids is 2. The van der Waals surface area contributed by atoms with Gasteiger partial charge in [-0.15, -0.1) is 0 Å². The number of ether oxygens (including phenoxy) is 1. The minimum absolute atomic E-state index is 0.0140. The number of likely N-dealkylation sites (N-methyl/N-ethyl adjacent to an activating group) is 1. The molecule has 40 heavy (non-hydrogen) atoms. The highest BCUT2D eigenvalue weighted by molar-refractivity contribution is 7.92. The number of sulfonamides is 1. The van der Waals surface area contributed by atoms with Gasteiger partial charge < -0.3 is 15.0 Å². The number of rotatable bonds is 11. The zero-order valence-electron chi connectivity index (χ0n) is 23.1. The third-order valence-corrected chi connectivity index (χ3v) is 8.84. The molecule has 3 rings (SSSR count). The molecule has 0 radical (unpaired) electrons. The van der Waals surface area contributed by atoms with Crippen molar-refractivity contribution in [2.75, 3.05) is 25.0 Å². The molecule has 0 bridgehead atoms. The lowest BCUT2D eigenvalue weighted by Crippen LogP contribution is -2.51. The molecule has 214 valence electrons. The van der Waals surface area contributed by atoms with Crippen LogP contribution in [-0.2, 0) is 26.2 Å². The molecular formula is C29H33Cl2N3O5S. The summed E-state index contributed by atoms with van der Waals surface area (Å²) in [6, 6.07) is 15.4. The second kappa shape index (κ2) is 13.4. The van der Waals surface area contributed by atoms with Gasteiger partial charge in [0.2, 0.25) is 11.8 Å². The van der Waals surface area contributed by atoms with Crippen LogP contribution in [0.1, 0.15) is 30.0 Å². The van der Waals surface area contributed by atoms with Gasteiger partial charge in [-0.2, -0.15) is 0 Å². The van der Waals surface area contributed by atoms with Gasteiger partial charge in [0.15, 0.2) is 0 Å². The Bertz CT molecular complexity index is 1480. The SMILES string of the molecule is CC[C@@H](C(=O)NC)N(Cc1ccc(Cl)cc1Cl)C(=O)CN(c1cc(C)ccc1OC)S(=O)(=O)c1ccc(C)cc1. The number of hydrogen-bond acceptors (Lipinski definition) is 5. The van der Waals surface area contributed by atoms with Gasteiger partial charge in [0.25, 0.3) is 10.0 Å². The summed E-state index contributed by atoms with van der Waals surface area (Å²) in [4.78, 5) is 28.3. The van der Waals surface area contributed by atoms with Crippen LogP contribution in [0, 0.1) is 13.8 Å². The molecule has 11 heteroatoms. The number of carbonyl (C=O) groups is 2. The van der Waals surface area contributed by atoms with Crippen molar-refractivity contribution in [3.8, 4) is 5.75 Å². The standard InChI is InChI=1S/C29H33Cl2N3O5S/c1-6-25(29(36)32-4)33(17-21-10-11-22(30)16-24(21)31)28(35)18-34(26-15-20(3)9-14-27(26)39-5)40(37,38)23-12-7-19(2)8-13-23/h7-16,25H,6,17-18H2,1-5H3,(H,32,36)/t25-/m0/s1. The van der Waals surface area contributed by atoms with Gasteiger partial charge in [0, 0.05) is 23.6 Å². The second-order valence-corrected chi connectivity index (χ2v) is 12.0. The van der Waals surface area contributed by atoms with Crippen LogP contribution in [0.15, 0.2) is 65.6 Å². The minimum Gasteiger partial charge on any atom is -0.495 e. The number of methoxy groups -OCH3 is 1. The molecule has 0 heterocycles. The van der Waals surface area contributed by atoms with E-state index in [1.54, 1.807) is 55.5 Å². The normalized spacial score (nSPS) is 12.0. The average molecular weight is 607 g/mol. The van der Waals surface area contributed by atoms with Crippen molar-refractivity contribution in [3.63, 3.8) is 0 Å². The molecule has 2 amide bonds. The maximum absolute atomic E-state index is 14.1. The zero-order chi connectivity index (χ0) is 29.6. The molecule has 0 aliphatic rings. The van der Waals surface area contributed by atoms with E-state index in [4.69, 9.17) is 27.9 Å². The molecular weight excluding hydrogens is 573 g/mol. The number of benzene rings is 3. The summed E-state index contributed by atoms with van der Waals surface area (Å²) in [5.74, 6) is -0.706. The highest BCUT2D eigenvalue weighted by Gasteiger charge is 2.34. The summed E-state index contributed by atoms with van der Waals surface area (Å²) in [6.07, 6.45) is 0.287. The van der Waals surface area contributed by atoms with Gasteiger partial charge in [0.1, 0.15) is 18.3 Å². The van der Waals surface area contributed by atoms with Crippen LogP contribution in [-0.4, -0.2) is 51.9 Å². The predicted octanol–water partition coefficient (Wildman–Crippen LogP) is 5.37. The predicted molar refractivity (Wildman–Crippen MR) is 159 cm³/mol. The Morgan fingerprint density at radius 2 is 1.62 bits per heavy atom. The average Bonchev–Trinajstić information content (AvgIpc) is 2.92. The van der Waals surface area contributed by atoms with Crippen LogP contribution < -0.4 is 14.4 Å². The first kappa shape index (κ1) is 31.3. The van der Waals surface area contributed by atoms with Crippen LogP contribution in [0.3, 0.4) is 0 Å². The molecule has 8 nitrogen and oxygen atoms in total. The molecule has 3 aromatic carbocycles. The first-order valence-corrected chi connectivity index (χ1v) is 14.8. The first-order chi connectivity index (χ1) is 18.9. The summed E-state index contributed by atoms with van der Waals surface area (Å²) >= 11 is 12.5. The van der Waals surface area contributed by atoms with Gasteiger partial charge in [-0.1, -0.05) is 60.0 Å². The van der Waals surface area contributed by atoms with E-state index in [0.717, 1.165) is 15.4 Å². The van der Waals surface area contributed by atoms with Crippen molar-refractivity contribution in [2.45, 2.75) is 44.7 Å². The quantitative estimate of drug-likeness (QED) is 0.317. The molecule has 0 saturated heterocycles. The summed E-state index contributed by atoms with van der Waals surface area (Å²) in [5.41, 5.74) is 2.42. The van der Waals surface area contributed by atoms with Crippen LogP contribution in [0.25, 0.3) is 0 Å². The third kappa shape index (κ3) is 7.08. The number of halogens is 2. The summed E-state index contributed by atoms with van der Waals surface area (Å²) in [5, 5.41) is 3.34. The fraction of sp³-hybridized carbons (Fsp3) is 0.310. The maximum Gasteiger partial charge on any atom is 0.264 e. The third-order valence-electron chi connectivity index (χ3n) is 6.48. The number of hydrogen-bond donors (Lipinski definition) is 1. The van der Waals surface area contributed by atoms with Crippen molar-refractivity contribution in [1.82, 2.24) is 10.2 Å². The van der Waals surface area contributed by atoms with Crippen molar-refractivity contribution in [2.24, 2.45) is 0 Å². The van der Waals surface area contributed by atoms with E-state index in [2.05, 4.69) is 5.32 Å². The number of nitrogens with zero attached hydrogens (tertiary/aromatic N) is 2. The highest BCUT2D eigenvalue weighted by atomic mass is 35.5. The van der Waals surface area contributed by atoms with Gasteiger partial charge in [0.05, 0.1) is 17.7 Å². The lowest BCUT2D eigenvalue weighted by atomic mass is 10.1. The van der Waals surface area contributed by atoms with E-state index in [9.17, 15) is 18.0 Å². The lowest BCUT2D eigenvalue weighted by Gasteiger charge is -2.33. The van der Waals surface area contributed by atoms with Gasteiger partial charge >= 0.3 is 0 Å². The maximum atomic E-state index is 14.1. The largest absolute Gasteiger partial charge is 0.495 e. The fourth-order valence-corrected chi connectivity index (χ4v) is 6.15. The van der Waals surface area contributed by atoms with Crippen molar-refractivity contribution in [3.05, 3.63) is 87.4 Å². The Labute approximate surface area is 245 Å². The van der Waals surface area contributed by atoms with Gasteiger partial charge in [-0.25, -0.2) is 8.42 Å². The Morgan fingerprint density at radius 1 is 0.975 bits per heavy atom. The molecule has 3 aromatic rings. The molecule has 0 unspecified atom stereocenters. The molecule has 0 fully saturated rings. The van der Waals surface area contributed by atoms with Crippen LogP contribution >= 0.6 is 23.2 Å². The van der Waals surface area contributed by atoms with Crippen LogP contribution in [0.4, 0.5) is 5.69 Å². The van der Waals surface area contributed by atoms with E-state index < -0.39 is 28.5 Å². The monoisotopic (exact) mass is 605 g/mol. The summed E-state index contributed by atoms with van der Waals surface area (Å²) in [7, 11) is -1.32. The number of amides is 2. The summed E-state index contributed by atoms with van der Waals surface area (Å²) in [6.45, 7) is 4.81. The molecule has 0 aliphatic carbocycles. The Balaban J connectivity index is 2.15. The number of nitrogens with one attached hydrogen (secondary N) is 1.